The van der Waals surface area contributed by atoms with Crippen molar-refractivity contribution in [1.82, 2.24) is 9.78 Å². The van der Waals surface area contributed by atoms with Gasteiger partial charge >= 0.3 is 5.30 Å². The Morgan fingerprint density at radius 2 is 1.97 bits per heavy atom. The molecule has 1 aliphatic rings. The fourth-order valence-corrected chi connectivity index (χ4v) is 4.36. The summed E-state index contributed by atoms with van der Waals surface area (Å²) in [6.45, 7) is 17.0. The Balaban J connectivity index is 2.11. The van der Waals surface area contributed by atoms with Crippen molar-refractivity contribution >= 4 is 35.1 Å². The zero-order chi connectivity index (χ0) is 23.5. The highest BCUT2D eigenvalue weighted by molar-refractivity contribution is 8.13. The van der Waals surface area contributed by atoms with E-state index in [0.717, 1.165) is 39.8 Å². The number of hydrogen-bond acceptors (Lipinski definition) is 6. The molecule has 0 spiro atoms. The molecular weight excluding hydrogens is 422 g/mol. The van der Waals surface area contributed by atoms with Crippen molar-refractivity contribution in [2.24, 2.45) is 4.99 Å². The van der Waals surface area contributed by atoms with Crippen molar-refractivity contribution in [3.8, 4) is 0 Å². The standard InChI is InChI=1S/C25H33N3O3S/c1-8-28-22-19(16(3)27-28)14-20(26-7)21(23(22)30-15-31-24(29)32-9-2)17-10-12-18(13-11-17)25(4,5)6/h10-13,20H,7-9,14-15H2,1-6H3. The number of aromatic nitrogens is 2. The van der Waals surface area contributed by atoms with Gasteiger partial charge in [-0.15, -0.1) is 0 Å². The second-order valence-electron chi connectivity index (χ2n) is 8.79. The van der Waals surface area contributed by atoms with Crippen molar-refractivity contribution in [3.63, 3.8) is 0 Å². The third-order valence-electron chi connectivity index (χ3n) is 5.67. The summed E-state index contributed by atoms with van der Waals surface area (Å²) in [6.07, 6.45) is 0.708. The van der Waals surface area contributed by atoms with Crippen molar-refractivity contribution in [2.75, 3.05) is 12.5 Å². The number of aryl methyl sites for hydroxylation is 2. The van der Waals surface area contributed by atoms with Crippen LogP contribution >= 0.6 is 11.8 Å². The molecule has 1 heterocycles. The molecule has 0 saturated heterocycles. The smallest absolute Gasteiger partial charge is 0.370 e. The molecule has 7 heteroatoms. The molecule has 2 aromatic rings. The van der Waals surface area contributed by atoms with E-state index in [2.05, 4.69) is 63.7 Å². The maximum atomic E-state index is 11.9. The first-order valence-corrected chi connectivity index (χ1v) is 12.0. The highest BCUT2D eigenvalue weighted by Crippen LogP contribution is 2.41. The quantitative estimate of drug-likeness (QED) is 0.297. The second kappa shape index (κ2) is 9.94. The lowest BCUT2D eigenvalue weighted by molar-refractivity contribution is 0.0582. The number of thioether (sulfide) groups is 1. The van der Waals surface area contributed by atoms with E-state index in [1.807, 2.05) is 18.5 Å². The fraction of sp³-hybridized carbons (Fsp3) is 0.480. The normalized spacial score (nSPS) is 16.0. The van der Waals surface area contributed by atoms with Gasteiger partial charge in [-0.1, -0.05) is 52.0 Å². The van der Waals surface area contributed by atoms with Gasteiger partial charge in [-0.05, 0) is 48.9 Å². The molecule has 0 saturated carbocycles. The van der Waals surface area contributed by atoms with Gasteiger partial charge in [-0.2, -0.15) is 5.10 Å². The van der Waals surface area contributed by atoms with Crippen LogP contribution in [0.3, 0.4) is 0 Å². The number of hydrogen-bond donors (Lipinski definition) is 0. The van der Waals surface area contributed by atoms with Crippen LogP contribution in [0.25, 0.3) is 11.3 Å². The van der Waals surface area contributed by atoms with Gasteiger partial charge in [0.25, 0.3) is 0 Å². The zero-order valence-corrected chi connectivity index (χ0v) is 20.7. The van der Waals surface area contributed by atoms with Gasteiger partial charge in [-0.3, -0.25) is 9.67 Å². The summed E-state index contributed by atoms with van der Waals surface area (Å²) >= 11 is 1.12. The van der Waals surface area contributed by atoms with Gasteiger partial charge in [0.2, 0.25) is 6.79 Å². The van der Waals surface area contributed by atoms with E-state index in [1.165, 1.54) is 5.56 Å². The van der Waals surface area contributed by atoms with Crippen LogP contribution in [-0.2, 0) is 27.9 Å². The van der Waals surface area contributed by atoms with E-state index in [4.69, 9.17) is 14.6 Å². The van der Waals surface area contributed by atoms with Gasteiger partial charge in [0.05, 0.1) is 11.7 Å². The largest absolute Gasteiger partial charge is 0.455 e. The summed E-state index contributed by atoms with van der Waals surface area (Å²) < 4.78 is 13.4. The molecule has 1 aliphatic carbocycles. The van der Waals surface area contributed by atoms with Crippen LogP contribution in [-0.4, -0.2) is 40.4 Å². The molecule has 0 amide bonds. The van der Waals surface area contributed by atoms with Crippen LogP contribution in [0.4, 0.5) is 4.79 Å². The minimum atomic E-state index is -0.348. The van der Waals surface area contributed by atoms with Crippen LogP contribution < -0.4 is 0 Å². The molecule has 32 heavy (non-hydrogen) atoms. The molecule has 0 fully saturated rings. The number of fused-ring (bicyclic) bond motifs is 1. The van der Waals surface area contributed by atoms with Gasteiger partial charge in [0, 0.05) is 29.9 Å². The summed E-state index contributed by atoms with van der Waals surface area (Å²) in [7, 11) is 0. The number of nitrogens with zero attached hydrogens (tertiary/aromatic N) is 3. The van der Waals surface area contributed by atoms with Crippen LogP contribution in [0, 0.1) is 6.92 Å². The van der Waals surface area contributed by atoms with Gasteiger partial charge in [0.15, 0.2) is 5.76 Å². The van der Waals surface area contributed by atoms with Gasteiger partial charge in [0.1, 0.15) is 5.69 Å². The first-order chi connectivity index (χ1) is 15.2. The van der Waals surface area contributed by atoms with Crippen LogP contribution in [0.1, 0.15) is 62.7 Å². The Hall–Kier alpha value is -2.54. The predicted molar refractivity (Wildman–Crippen MR) is 132 cm³/mol. The third-order valence-corrected chi connectivity index (χ3v) is 6.31. The van der Waals surface area contributed by atoms with E-state index in [1.54, 1.807) is 0 Å². The average Bonchev–Trinajstić information content (AvgIpc) is 3.08. The molecule has 6 nitrogen and oxygen atoms in total. The van der Waals surface area contributed by atoms with Gasteiger partial charge in [-0.25, -0.2) is 4.79 Å². The Morgan fingerprint density at radius 3 is 2.53 bits per heavy atom. The topological polar surface area (TPSA) is 65.7 Å². The number of aliphatic imine (C=N–C) groups is 1. The Labute approximate surface area is 195 Å². The lowest BCUT2D eigenvalue weighted by Gasteiger charge is -2.28. The van der Waals surface area contributed by atoms with E-state index in [-0.39, 0.29) is 23.6 Å². The van der Waals surface area contributed by atoms with Crippen LogP contribution in [0.15, 0.2) is 29.3 Å². The lowest BCUT2D eigenvalue weighted by atomic mass is 9.83. The lowest BCUT2D eigenvalue weighted by Crippen LogP contribution is -2.22. The molecule has 1 aromatic carbocycles. The highest BCUT2D eigenvalue weighted by atomic mass is 32.2. The Kier molecular flexibility index (Phi) is 7.49. The maximum absolute atomic E-state index is 11.9. The molecule has 3 rings (SSSR count). The van der Waals surface area contributed by atoms with Crippen LogP contribution in [0.5, 0.6) is 0 Å². The number of rotatable bonds is 7. The first-order valence-electron chi connectivity index (χ1n) is 11.0. The maximum Gasteiger partial charge on any atom is 0.370 e. The molecule has 0 radical (unpaired) electrons. The highest BCUT2D eigenvalue weighted by Gasteiger charge is 2.34. The number of carbonyl (C=O) groups is 1. The summed E-state index contributed by atoms with van der Waals surface area (Å²) in [5.41, 5.74) is 6.27. The molecule has 0 aliphatic heterocycles. The van der Waals surface area contributed by atoms with Crippen LogP contribution in [0.2, 0.25) is 0 Å². The van der Waals surface area contributed by atoms with Gasteiger partial charge < -0.3 is 9.47 Å². The fourth-order valence-electron chi connectivity index (χ4n) is 3.99. The van der Waals surface area contributed by atoms with Crippen molar-refractivity contribution in [3.05, 3.63) is 52.3 Å². The molecule has 172 valence electrons. The monoisotopic (exact) mass is 455 g/mol. The minimum Gasteiger partial charge on any atom is -0.455 e. The average molecular weight is 456 g/mol. The summed E-state index contributed by atoms with van der Waals surface area (Å²) in [4.78, 5) is 16.3. The predicted octanol–water partition coefficient (Wildman–Crippen LogP) is 5.87. The molecule has 0 bridgehead atoms. The Morgan fingerprint density at radius 1 is 1.28 bits per heavy atom. The summed E-state index contributed by atoms with van der Waals surface area (Å²) in [6, 6.07) is 8.35. The molecule has 1 aromatic heterocycles. The number of ether oxygens (including phenoxy) is 2. The van der Waals surface area contributed by atoms with Crippen molar-refractivity contribution < 1.29 is 14.3 Å². The van der Waals surface area contributed by atoms with E-state index in [9.17, 15) is 4.79 Å². The third kappa shape index (κ3) is 4.93. The van der Waals surface area contributed by atoms with Crippen molar-refractivity contribution in [2.45, 2.75) is 66.0 Å². The van der Waals surface area contributed by atoms with E-state index in [0.29, 0.717) is 24.5 Å². The second-order valence-corrected chi connectivity index (χ2v) is 9.99. The zero-order valence-electron chi connectivity index (χ0n) is 19.9. The molecule has 0 N–H and O–H groups in total. The molecule has 1 atom stereocenters. The Bertz CT molecular complexity index is 1020. The molecule has 1 unspecified atom stereocenters. The first kappa shape index (κ1) is 24.1. The summed E-state index contributed by atoms with van der Waals surface area (Å²) in [5, 5.41) is 4.36. The summed E-state index contributed by atoms with van der Waals surface area (Å²) in [5.74, 6) is 1.31. The van der Waals surface area contributed by atoms with E-state index >= 15 is 0 Å². The van der Waals surface area contributed by atoms with E-state index < -0.39 is 0 Å². The minimum absolute atomic E-state index is 0.0607. The molecular formula is C25H33N3O3S. The number of benzene rings is 1. The SMILES string of the molecule is C=NC1Cc2c(C)nn(CC)c2C(OCOC(=O)SCC)=C1c1ccc(C(C)(C)C)cc1. The number of carbonyl (C=O) groups excluding carboxylic acids is 1. The van der Waals surface area contributed by atoms with Crippen molar-refractivity contribution in [1.29, 1.82) is 0 Å².